The number of aliphatic hydroxyl groups is 2. The molecule has 0 bridgehead atoms. The van der Waals surface area contributed by atoms with Gasteiger partial charge in [0, 0.05) is 16.9 Å². The van der Waals surface area contributed by atoms with Gasteiger partial charge < -0.3 is 35.8 Å². The molecule has 1 saturated heterocycles. The topological polar surface area (TPSA) is 157 Å². The van der Waals surface area contributed by atoms with Crippen molar-refractivity contribution in [2.24, 2.45) is 0 Å². The summed E-state index contributed by atoms with van der Waals surface area (Å²) in [6.45, 7) is 3.74. The van der Waals surface area contributed by atoms with Crippen LogP contribution in [0.2, 0.25) is 0 Å². The lowest BCUT2D eigenvalue weighted by atomic mass is 9.96. The summed E-state index contributed by atoms with van der Waals surface area (Å²) in [6.07, 6.45) is 3.68. The second-order valence-corrected chi connectivity index (χ2v) is 16.1. The van der Waals surface area contributed by atoms with E-state index in [2.05, 4.69) is 16.0 Å². The third-order valence-electron chi connectivity index (χ3n) is 9.61. The van der Waals surface area contributed by atoms with Crippen LogP contribution in [0.15, 0.2) is 54.6 Å². The van der Waals surface area contributed by atoms with Gasteiger partial charge in [0.25, 0.3) is 5.91 Å². The molecule has 0 aromatic heterocycles. The van der Waals surface area contributed by atoms with E-state index in [-0.39, 0.29) is 24.2 Å². The number of amides is 4. The van der Waals surface area contributed by atoms with Gasteiger partial charge >= 0.3 is 6.09 Å². The average Bonchev–Trinajstić information content (AvgIpc) is 3.58. The van der Waals surface area contributed by atoms with E-state index in [9.17, 15) is 29.4 Å². The maximum atomic E-state index is 14.1. The first-order chi connectivity index (χ1) is 23.5. The number of ether oxygens (including phenoxy) is 1. The van der Waals surface area contributed by atoms with Crippen molar-refractivity contribution in [3.05, 3.63) is 71.3 Å². The van der Waals surface area contributed by atoms with Crippen LogP contribution in [0.1, 0.15) is 68.7 Å². The van der Waals surface area contributed by atoms with E-state index in [1.54, 1.807) is 0 Å². The molecule has 2 fully saturated rings. The second kappa shape index (κ2) is 16.6. The first-order valence-corrected chi connectivity index (χ1v) is 19.4. The number of carbonyl (C=O) groups excluding carboxylic acids is 4. The van der Waals surface area contributed by atoms with Crippen LogP contribution in [-0.4, -0.2) is 98.0 Å². The molecule has 5 rings (SSSR count). The maximum absolute atomic E-state index is 14.1. The second-order valence-electron chi connectivity index (χ2n) is 13.6. The molecule has 1 saturated carbocycles. The number of fused-ring (bicyclic) bond motifs is 1. The van der Waals surface area contributed by atoms with Crippen molar-refractivity contribution >= 4 is 47.3 Å². The molecule has 0 radical (unpaired) electrons. The van der Waals surface area contributed by atoms with E-state index < -0.39 is 64.9 Å². The van der Waals surface area contributed by atoms with Crippen molar-refractivity contribution < 1.29 is 34.1 Å². The maximum Gasteiger partial charge on any atom is 0.408 e. The van der Waals surface area contributed by atoms with E-state index in [0.29, 0.717) is 6.42 Å². The third-order valence-corrected chi connectivity index (χ3v) is 11.6. The summed E-state index contributed by atoms with van der Waals surface area (Å²) >= 11 is 2.79. The summed E-state index contributed by atoms with van der Waals surface area (Å²) in [5, 5.41) is 31.0. The fourth-order valence-electron chi connectivity index (χ4n) is 6.99. The minimum Gasteiger partial charge on any atom is -0.446 e. The molecular formula is C36H48N4O7S2. The zero-order valence-corrected chi connectivity index (χ0v) is 29.9. The average molecular weight is 713 g/mol. The number of alkyl carbamates (subject to hydrolysis) is 1. The first-order valence-electron chi connectivity index (χ1n) is 17.0. The molecule has 266 valence electrons. The van der Waals surface area contributed by atoms with Gasteiger partial charge in [0.15, 0.2) is 6.10 Å². The fraction of sp³-hybridized carbons (Fsp3) is 0.556. The van der Waals surface area contributed by atoms with E-state index >= 15 is 0 Å². The van der Waals surface area contributed by atoms with Crippen LogP contribution in [0.25, 0.3) is 0 Å². The smallest absolute Gasteiger partial charge is 0.408 e. The summed E-state index contributed by atoms with van der Waals surface area (Å²) < 4.78 is 4.89. The van der Waals surface area contributed by atoms with Crippen molar-refractivity contribution in [1.82, 2.24) is 20.9 Å². The fourth-order valence-corrected chi connectivity index (χ4v) is 8.70. The van der Waals surface area contributed by atoms with E-state index in [0.717, 1.165) is 48.8 Å². The van der Waals surface area contributed by atoms with Crippen LogP contribution in [0.3, 0.4) is 0 Å². The Morgan fingerprint density at radius 2 is 1.71 bits per heavy atom. The molecule has 3 aliphatic rings. The summed E-state index contributed by atoms with van der Waals surface area (Å²) in [6, 6.07) is 13.1. The predicted octanol–water partition coefficient (Wildman–Crippen LogP) is 3.32. The number of carbonyl (C=O) groups is 4. The largest absolute Gasteiger partial charge is 0.446 e. The highest BCUT2D eigenvalue weighted by molar-refractivity contribution is 8.00. The molecule has 4 amide bonds. The normalized spacial score (nSPS) is 23.5. The van der Waals surface area contributed by atoms with Gasteiger partial charge in [-0.1, -0.05) is 61.0 Å². The summed E-state index contributed by atoms with van der Waals surface area (Å²) in [5.74, 6) is -1.27. The van der Waals surface area contributed by atoms with E-state index in [4.69, 9.17) is 4.74 Å². The molecule has 1 heterocycles. The summed E-state index contributed by atoms with van der Waals surface area (Å²) in [7, 11) is 0. The molecular weight excluding hydrogens is 665 g/mol. The summed E-state index contributed by atoms with van der Waals surface area (Å²) in [4.78, 5) is 55.9. The molecule has 2 aliphatic carbocycles. The number of rotatable bonds is 12. The SMILES string of the molecule is CSC[C@H](NC(=O)OC1CCCCC1)C(=O)N[C@@H](Cc1ccccc1)[C@H](O)C(=O)N1CSC(C)(C)[C@H]1C(=O)N[C@H]1c2ccccc2C[C@H]1O. The molecule has 5 N–H and O–H groups in total. The minimum atomic E-state index is -1.70. The predicted molar refractivity (Wildman–Crippen MR) is 191 cm³/mol. The molecule has 6 atom stereocenters. The molecule has 2 aromatic rings. The Morgan fingerprint density at radius 3 is 2.43 bits per heavy atom. The number of nitrogens with zero attached hydrogens (tertiary/aromatic N) is 1. The highest BCUT2D eigenvalue weighted by Gasteiger charge is 2.51. The van der Waals surface area contributed by atoms with Crippen molar-refractivity contribution in [3.63, 3.8) is 0 Å². The molecule has 1 aliphatic heterocycles. The Labute approximate surface area is 296 Å². The molecule has 0 spiro atoms. The monoisotopic (exact) mass is 712 g/mol. The van der Waals surface area contributed by atoms with Gasteiger partial charge in [-0.05, 0) is 68.9 Å². The van der Waals surface area contributed by atoms with Crippen LogP contribution in [0.5, 0.6) is 0 Å². The van der Waals surface area contributed by atoms with Gasteiger partial charge in [-0.2, -0.15) is 11.8 Å². The number of hydrogen-bond acceptors (Lipinski definition) is 9. The van der Waals surface area contributed by atoms with Gasteiger partial charge in [0.05, 0.1) is 24.1 Å². The lowest BCUT2D eigenvalue weighted by Crippen LogP contribution is -2.60. The van der Waals surface area contributed by atoms with Gasteiger partial charge in [0.1, 0.15) is 18.2 Å². The van der Waals surface area contributed by atoms with Gasteiger partial charge in [0.2, 0.25) is 11.8 Å². The number of nitrogens with one attached hydrogen (secondary N) is 3. The molecule has 0 unspecified atom stereocenters. The lowest BCUT2D eigenvalue weighted by molar-refractivity contribution is -0.148. The Kier molecular flexibility index (Phi) is 12.6. The van der Waals surface area contributed by atoms with Gasteiger partial charge in [-0.15, -0.1) is 11.8 Å². The zero-order chi connectivity index (χ0) is 35.1. The Hall–Kier alpha value is -3.26. The van der Waals surface area contributed by atoms with Crippen LogP contribution in [-0.2, 0) is 32.0 Å². The lowest BCUT2D eigenvalue weighted by Gasteiger charge is -2.34. The van der Waals surface area contributed by atoms with Crippen LogP contribution < -0.4 is 16.0 Å². The highest BCUT2D eigenvalue weighted by atomic mass is 32.2. The number of aliphatic hydroxyl groups excluding tert-OH is 2. The van der Waals surface area contributed by atoms with Gasteiger partial charge in [-0.25, -0.2) is 4.79 Å². The van der Waals surface area contributed by atoms with Crippen molar-refractivity contribution in [3.8, 4) is 0 Å². The Balaban J connectivity index is 1.32. The van der Waals surface area contributed by atoms with Gasteiger partial charge in [-0.3, -0.25) is 14.4 Å². The Morgan fingerprint density at radius 1 is 1.02 bits per heavy atom. The number of thioether (sulfide) groups is 2. The Bertz CT molecular complexity index is 1470. The number of hydrogen-bond donors (Lipinski definition) is 5. The zero-order valence-electron chi connectivity index (χ0n) is 28.3. The highest BCUT2D eigenvalue weighted by Crippen LogP contribution is 2.41. The standard InChI is InChI=1S/C36H48N4O7S2/c1-36(2)31(33(44)39-29-25-17-11-10-14-23(25)19-28(29)41)40(21-49-36)34(45)30(42)26(18-22-12-6-4-7-13-22)37-32(43)27(20-48-3)38-35(46)47-24-15-8-5-9-16-24/h4,6-7,10-14,17,24,26-31,41-42H,5,8-9,15-16,18-21H2,1-3H3,(H,37,43)(H,38,46)(H,39,44)/t26-,27-,28+,29-,30-,31+/m0/s1. The quantitative estimate of drug-likeness (QED) is 0.223. The van der Waals surface area contributed by atoms with Crippen molar-refractivity contribution in [2.45, 2.75) is 106 Å². The third kappa shape index (κ3) is 9.11. The first kappa shape index (κ1) is 37.0. The van der Waals surface area contributed by atoms with Crippen LogP contribution in [0.4, 0.5) is 4.79 Å². The number of benzene rings is 2. The molecule has 13 heteroatoms. The molecule has 11 nitrogen and oxygen atoms in total. The van der Waals surface area contributed by atoms with Crippen LogP contribution in [0, 0.1) is 0 Å². The van der Waals surface area contributed by atoms with Crippen molar-refractivity contribution in [1.29, 1.82) is 0 Å². The summed E-state index contributed by atoms with van der Waals surface area (Å²) in [5.41, 5.74) is 2.58. The molecule has 2 aromatic carbocycles. The molecule has 49 heavy (non-hydrogen) atoms. The van der Waals surface area contributed by atoms with Crippen LogP contribution >= 0.6 is 23.5 Å². The van der Waals surface area contributed by atoms with E-state index in [1.807, 2.05) is 74.7 Å². The van der Waals surface area contributed by atoms with Crippen molar-refractivity contribution in [2.75, 3.05) is 17.9 Å². The minimum absolute atomic E-state index is 0.129. The van der Waals surface area contributed by atoms with E-state index in [1.165, 1.54) is 28.4 Å².